The minimum atomic E-state index is -4.56. The van der Waals surface area contributed by atoms with Crippen LogP contribution in [0.5, 0.6) is 11.5 Å². The Bertz CT molecular complexity index is 1480. The molecule has 0 bridgehead atoms. The van der Waals surface area contributed by atoms with Crippen molar-refractivity contribution >= 4 is 20.7 Å². The number of hydrogen-bond donors (Lipinski definition) is 0. The number of rotatable bonds is 4. The maximum absolute atomic E-state index is 13.9. The summed E-state index contributed by atoms with van der Waals surface area (Å²) >= 11 is 0. The molecule has 0 radical (unpaired) electrons. The first kappa shape index (κ1) is 22.7. The lowest BCUT2D eigenvalue weighted by Crippen LogP contribution is -2.07. The molecule has 9 heteroatoms. The maximum atomic E-state index is 13.9. The molecule has 3 aromatic carbocycles. The van der Waals surface area contributed by atoms with Crippen LogP contribution >= 0.6 is 0 Å². The lowest BCUT2D eigenvalue weighted by molar-refractivity contribution is -0.136. The Labute approximate surface area is 187 Å². The van der Waals surface area contributed by atoms with Crippen molar-refractivity contribution in [2.45, 2.75) is 18.0 Å². The van der Waals surface area contributed by atoms with E-state index < -0.39 is 27.4 Å². The summed E-state index contributed by atoms with van der Waals surface area (Å²) in [6, 6.07) is 15.2. The first-order valence-electron chi connectivity index (χ1n) is 9.68. The number of aromatic nitrogens is 1. The number of para-hydroxylation sites is 1. The zero-order valence-corrected chi connectivity index (χ0v) is 18.3. The maximum Gasteiger partial charge on any atom is 0.418 e. The molecule has 33 heavy (non-hydrogen) atoms. The number of sulfone groups is 1. The van der Waals surface area contributed by atoms with E-state index in [1.807, 2.05) is 0 Å². The Morgan fingerprint density at radius 2 is 1.64 bits per heavy atom. The van der Waals surface area contributed by atoms with Crippen LogP contribution in [0.2, 0.25) is 0 Å². The fourth-order valence-corrected chi connectivity index (χ4v) is 4.17. The van der Waals surface area contributed by atoms with Crippen LogP contribution in [0.15, 0.2) is 71.6 Å². The summed E-state index contributed by atoms with van der Waals surface area (Å²) in [6.07, 6.45) is -3.60. The Hall–Kier alpha value is -3.46. The lowest BCUT2D eigenvalue weighted by atomic mass is 9.98. The molecule has 0 aliphatic carbocycles. The van der Waals surface area contributed by atoms with Gasteiger partial charge >= 0.3 is 6.18 Å². The van der Waals surface area contributed by atoms with Gasteiger partial charge in [-0.1, -0.05) is 24.3 Å². The van der Waals surface area contributed by atoms with Crippen molar-refractivity contribution in [1.82, 2.24) is 4.98 Å². The van der Waals surface area contributed by atoms with E-state index in [4.69, 9.17) is 4.74 Å². The number of pyridine rings is 1. The average molecular weight is 475 g/mol. The number of halogens is 4. The van der Waals surface area contributed by atoms with Crippen molar-refractivity contribution in [2.24, 2.45) is 0 Å². The third-order valence-corrected chi connectivity index (χ3v) is 6.02. The van der Waals surface area contributed by atoms with Gasteiger partial charge < -0.3 is 4.74 Å². The fraction of sp³-hybridized carbons (Fsp3) is 0.125. The lowest BCUT2D eigenvalue weighted by Gasteiger charge is -2.14. The third kappa shape index (κ3) is 4.83. The van der Waals surface area contributed by atoms with E-state index in [9.17, 15) is 26.0 Å². The molecule has 0 amide bonds. The van der Waals surface area contributed by atoms with Gasteiger partial charge in [-0.05, 0) is 54.4 Å². The molecule has 4 rings (SSSR count). The second kappa shape index (κ2) is 8.15. The summed E-state index contributed by atoms with van der Waals surface area (Å²) < 4.78 is 83.7. The van der Waals surface area contributed by atoms with E-state index in [1.165, 1.54) is 12.1 Å². The van der Waals surface area contributed by atoms with Gasteiger partial charge in [0.2, 0.25) is 0 Å². The Morgan fingerprint density at radius 3 is 2.33 bits per heavy atom. The predicted molar refractivity (Wildman–Crippen MR) is 117 cm³/mol. The molecule has 0 fully saturated rings. The third-order valence-electron chi connectivity index (χ3n) is 4.93. The zero-order valence-electron chi connectivity index (χ0n) is 17.4. The van der Waals surface area contributed by atoms with Crippen molar-refractivity contribution in [1.29, 1.82) is 0 Å². The van der Waals surface area contributed by atoms with Gasteiger partial charge in [-0.3, -0.25) is 4.98 Å². The van der Waals surface area contributed by atoms with Crippen LogP contribution in [-0.2, 0) is 16.0 Å². The summed E-state index contributed by atoms with van der Waals surface area (Å²) in [5, 5.41) is 0.317. The number of fused-ring (bicyclic) bond motifs is 1. The van der Waals surface area contributed by atoms with Crippen LogP contribution in [0.1, 0.15) is 11.3 Å². The normalized spacial score (nSPS) is 12.2. The summed E-state index contributed by atoms with van der Waals surface area (Å²) in [4.78, 5) is 3.88. The first-order valence-corrected chi connectivity index (χ1v) is 11.6. The zero-order chi connectivity index (χ0) is 24.0. The van der Waals surface area contributed by atoms with Gasteiger partial charge in [0.1, 0.15) is 17.3 Å². The number of benzene rings is 3. The molecule has 1 heterocycles. The number of aryl methyl sites for hydroxylation is 1. The van der Waals surface area contributed by atoms with Crippen molar-refractivity contribution in [3.05, 3.63) is 83.8 Å². The van der Waals surface area contributed by atoms with Gasteiger partial charge in [0, 0.05) is 23.4 Å². The molecule has 0 saturated heterocycles. The standard InChI is InChI=1S/C24H17F4NO3S/c1-14-9-21(20-7-4-8-22(23(20)29-14)24(26,27)28)15-5-3-6-17(10-15)32-18-11-16(25)12-19(13-18)33(2,30)31/h3-13H,1-2H3. The van der Waals surface area contributed by atoms with E-state index in [-0.39, 0.29) is 21.9 Å². The van der Waals surface area contributed by atoms with E-state index >= 15 is 0 Å². The molecular weight excluding hydrogens is 458 g/mol. The van der Waals surface area contributed by atoms with Gasteiger partial charge in [-0.15, -0.1) is 0 Å². The summed E-state index contributed by atoms with van der Waals surface area (Å²) in [6.45, 7) is 1.61. The van der Waals surface area contributed by atoms with Crippen molar-refractivity contribution in [2.75, 3.05) is 6.26 Å². The second-order valence-corrected chi connectivity index (χ2v) is 9.55. The van der Waals surface area contributed by atoms with Crippen LogP contribution < -0.4 is 4.74 Å². The minimum Gasteiger partial charge on any atom is -0.457 e. The summed E-state index contributed by atoms with van der Waals surface area (Å²) in [5.41, 5.74) is 0.496. The summed E-state index contributed by atoms with van der Waals surface area (Å²) in [7, 11) is -3.66. The van der Waals surface area contributed by atoms with Crippen LogP contribution in [0.25, 0.3) is 22.0 Å². The average Bonchev–Trinajstić information content (AvgIpc) is 2.71. The van der Waals surface area contributed by atoms with Crippen molar-refractivity contribution < 1.29 is 30.7 Å². The molecule has 0 unspecified atom stereocenters. The van der Waals surface area contributed by atoms with Crippen LogP contribution in [0.3, 0.4) is 0 Å². The minimum absolute atomic E-state index is 0.0253. The number of nitrogens with zero attached hydrogens (tertiary/aromatic N) is 1. The molecule has 4 nitrogen and oxygen atoms in total. The van der Waals surface area contributed by atoms with Crippen molar-refractivity contribution in [3.63, 3.8) is 0 Å². The smallest absolute Gasteiger partial charge is 0.418 e. The molecule has 0 aliphatic heterocycles. The van der Waals surface area contributed by atoms with E-state index in [2.05, 4.69) is 4.98 Å². The highest BCUT2D eigenvalue weighted by molar-refractivity contribution is 7.90. The fourth-order valence-electron chi connectivity index (χ4n) is 3.52. The van der Waals surface area contributed by atoms with E-state index in [1.54, 1.807) is 43.3 Å². The van der Waals surface area contributed by atoms with Gasteiger partial charge in [0.25, 0.3) is 0 Å². The van der Waals surface area contributed by atoms with Gasteiger partial charge in [-0.2, -0.15) is 13.2 Å². The van der Waals surface area contributed by atoms with Gasteiger partial charge in [-0.25, -0.2) is 12.8 Å². The largest absolute Gasteiger partial charge is 0.457 e. The van der Waals surface area contributed by atoms with Crippen molar-refractivity contribution in [3.8, 4) is 22.6 Å². The van der Waals surface area contributed by atoms with Crippen LogP contribution in [0.4, 0.5) is 17.6 Å². The van der Waals surface area contributed by atoms with Crippen LogP contribution in [0, 0.1) is 12.7 Å². The quantitative estimate of drug-likeness (QED) is 0.314. The second-order valence-electron chi connectivity index (χ2n) is 7.54. The molecule has 0 aliphatic rings. The molecular formula is C24H17F4NO3S. The summed E-state index contributed by atoms with van der Waals surface area (Å²) in [5.74, 6) is -0.547. The highest BCUT2D eigenvalue weighted by Crippen LogP contribution is 2.38. The highest BCUT2D eigenvalue weighted by atomic mass is 32.2. The molecule has 170 valence electrons. The Morgan fingerprint density at radius 1 is 0.909 bits per heavy atom. The van der Waals surface area contributed by atoms with Crippen LogP contribution in [-0.4, -0.2) is 19.7 Å². The number of ether oxygens (including phenoxy) is 1. The number of alkyl halides is 3. The molecule has 0 atom stereocenters. The van der Waals surface area contributed by atoms with E-state index in [0.717, 1.165) is 24.5 Å². The monoisotopic (exact) mass is 475 g/mol. The Kier molecular flexibility index (Phi) is 5.61. The Balaban J connectivity index is 1.81. The number of hydrogen-bond acceptors (Lipinski definition) is 4. The molecule has 4 aromatic rings. The highest BCUT2D eigenvalue weighted by Gasteiger charge is 2.33. The molecule has 0 N–H and O–H groups in total. The van der Waals surface area contributed by atoms with Gasteiger partial charge in [0.15, 0.2) is 9.84 Å². The molecule has 0 spiro atoms. The predicted octanol–water partition coefficient (Wildman–Crippen LogP) is 6.56. The topological polar surface area (TPSA) is 56.3 Å². The van der Waals surface area contributed by atoms with Gasteiger partial charge in [0.05, 0.1) is 16.0 Å². The van der Waals surface area contributed by atoms with E-state index in [0.29, 0.717) is 22.2 Å². The molecule has 1 aromatic heterocycles. The first-order chi connectivity index (χ1) is 15.4. The molecule has 0 saturated carbocycles. The SMILES string of the molecule is Cc1cc(-c2cccc(Oc3cc(F)cc(S(C)(=O)=O)c3)c2)c2cccc(C(F)(F)F)c2n1.